The van der Waals surface area contributed by atoms with Gasteiger partial charge in [-0.05, 0) is 36.5 Å². The Bertz CT molecular complexity index is 871. The Hall–Kier alpha value is -2.67. The highest BCUT2D eigenvalue weighted by Gasteiger charge is 2.22. The monoisotopic (exact) mass is 404 g/mol. The highest BCUT2D eigenvalue weighted by atomic mass is 35.5. The standard InChI is InChI=1S/C20H25ClN4O3/c1-5-10-22-19(27)17-14(11-23-20(25-17)28-4)18(26)24-16-12(6-2)8-9-15(21)13(16)7-3/h8-9,11H,5-7,10H2,1-4H3,(H,22,27)(H,24,26). The van der Waals surface area contributed by atoms with E-state index in [0.29, 0.717) is 23.7 Å². The van der Waals surface area contributed by atoms with Crippen LogP contribution in [0, 0.1) is 0 Å². The molecule has 0 spiro atoms. The summed E-state index contributed by atoms with van der Waals surface area (Å²) in [5, 5.41) is 6.22. The predicted molar refractivity (Wildman–Crippen MR) is 109 cm³/mol. The van der Waals surface area contributed by atoms with Crippen LogP contribution in [0.3, 0.4) is 0 Å². The maximum Gasteiger partial charge on any atom is 0.316 e. The van der Waals surface area contributed by atoms with E-state index in [0.717, 1.165) is 24.0 Å². The number of hydrogen-bond donors (Lipinski definition) is 2. The average molecular weight is 405 g/mol. The maximum absolute atomic E-state index is 13.0. The smallest absolute Gasteiger partial charge is 0.316 e. The molecule has 1 aromatic heterocycles. The normalized spacial score (nSPS) is 10.5. The Morgan fingerprint density at radius 1 is 1.14 bits per heavy atom. The molecule has 8 heteroatoms. The van der Waals surface area contributed by atoms with Crippen LogP contribution >= 0.6 is 11.6 Å². The summed E-state index contributed by atoms with van der Waals surface area (Å²) >= 11 is 6.31. The third-order valence-electron chi connectivity index (χ3n) is 4.26. The Morgan fingerprint density at radius 2 is 1.89 bits per heavy atom. The van der Waals surface area contributed by atoms with E-state index in [1.807, 2.05) is 32.9 Å². The van der Waals surface area contributed by atoms with E-state index in [2.05, 4.69) is 20.6 Å². The molecule has 7 nitrogen and oxygen atoms in total. The SMILES string of the molecule is CCCNC(=O)c1nc(OC)ncc1C(=O)Nc1c(CC)ccc(Cl)c1CC. The number of methoxy groups -OCH3 is 1. The number of hydrogen-bond acceptors (Lipinski definition) is 5. The Kier molecular flexibility index (Phi) is 7.75. The second-order valence-electron chi connectivity index (χ2n) is 6.10. The zero-order valence-electron chi connectivity index (χ0n) is 16.6. The van der Waals surface area contributed by atoms with E-state index in [4.69, 9.17) is 16.3 Å². The van der Waals surface area contributed by atoms with Gasteiger partial charge in [0.1, 0.15) is 5.69 Å². The number of anilines is 1. The van der Waals surface area contributed by atoms with Crippen molar-refractivity contribution in [3.05, 3.63) is 45.7 Å². The summed E-state index contributed by atoms with van der Waals surface area (Å²) in [5.41, 5.74) is 2.51. The van der Waals surface area contributed by atoms with Gasteiger partial charge in [-0.3, -0.25) is 9.59 Å². The summed E-state index contributed by atoms with van der Waals surface area (Å²) < 4.78 is 5.00. The molecule has 150 valence electrons. The van der Waals surface area contributed by atoms with Crippen LogP contribution in [0.4, 0.5) is 5.69 Å². The van der Waals surface area contributed by atoms with Crippen LogP contribution in [0.15, 0.2) is 18.3 Å². The lowest BCUT2D eigenvalue weighted by Crippen LogP contribution is -2.29. The van der Waals surface area contributed by atoms with Crippen molar-refractivity contribution < 1.29 is 14.3 Å². The summed E-state index contributed by atoms with van der Waals surface area (Å²) in [4.78, 5) is 33.6. The van der Waals surface area contributed by atoms with Crippen molar-refractivity contribution in [1.29, 1.82) is 0 Å². The first kappa shape index (κ1) is 21.6. The molecule has 0 bridgehead atoms. The van der Waals surface area contributed by atoms with E-state index < -0.39 is 11.8 Å². The molecule has 1 heterocycles. The minimum Gasteiger partial charge on any atom is -0.467 e. The fraction of sp³-hybridized carbons (Fsp3) is 0.400. The lowest BCUT2D eigenvalue weighted by atomic mass is 10.0. The zero-order valence-corrected chi connectivity index (χ0v) is 17.3. The second kappa shape index (κ2) is 10.0. The molecule has 28 heavy (non-hydrogen) atoms. The Morgan fingerprint density at radius 3 is 2.50 bits per heavy atom. The molecule has 0 aliphatic rings. The first-order valence-corrected chi connectivity index (χ1v) is 9.65. The van der Waals surface area contributed by atoms with Crippen molar-refractivity contribution in [2.75, 3.05) is 19.0 Å². The fourth-order valence-electron chi connectivity index (χ4n) is 2.77. The van der Waals surface area contributed by atoms with Gasteiger partial charge in [0.05, 0.1) is 12.7 Å². The highest BCUT2D eigenvalue weighted by molar-refractivity contribution is 6.32. The number of amides is 2. The summed E-state index contributed by atoms with van der Waals surface area (Å²) in [6.45, 7) is 6.38. The summed E-state index contributed by atoms with van der Waals surface area (Å²) in [6, 6.07) is 3.73. The first-order chi connectivity index (χ1) is 13.5. The second-order valence-corrected chi connectivity index (χ2v) is 6.50. The van der Waals surface area contributed by atoms with Gasteiger partial charge in [0.25, 0.3) is 11.8 Å². The number of carbonyl (C=O) groups is 2. The average Bonchev–Trinajstić information content (AvgIpc) is 2.71. The lowest BCUT2D eigenvalue weighted by Gasteiger charge is -2.17. The number of carbonyl (C=O) groups excluding carboxylic acids is 2. The van der Waals surface area contributed by atoms with Gasteiger partial charge >= 0.3 is 6.01 Å². The van der Waals surface area contributed by atoms with Crippen molar-refractivity contribution in [3.8, 4) is 6.01 Å². The van der Waals surface area contributed by atoms with E-state index in [1.54, 1.807) is 0 Å². The van der Waals surface area contributed by atoms with Gasteiger partial charge in [-0.2, -0.15) is 4.98 Å². The van der Waals surface area contributed by atoms with E-state index in [1.165, 1.54) is 13.3 Å². The molecule has 2 aromatic rings. The Balaban J connectivity index is 2.45. The maximum atomic E-state index is 13.0. The number of ether oxygens (including phenoxy) is 1. The molecule has 2 amide bonds. The quantitative estimate of drug-likeness (QED) is 0.700. The molecule has 0 unspecified atom stereocenters. The summed E-state index contributed by atoms with van der Waals surface area (Å²) in [7, 11) is 1.40. The molecular formula is C20H25ClN4O3. The highest BCUT2D eigenvalue weighted by Crippen LogP contribution is 2.30. The van der Waals surface area contributed by atoms with E-state index in [9.17, 15) is 9.59 Å². The number of rotatable bonds is 8. The molecule has 0 saturated carbocycles. The van der Waals surface area contributed by atoms with Crippen molar-refractivity contribution in [3.63, 3.8) is 0 Å². The molecule has 0 atom stereocenters. The topological polar surface area (TPSA) is 93.2 Å². The van der Waals surface area contributed by atoms with Gasteiger partial charge in [-0.15, -0.1) is 0 Å². The van der Waals surface area contributed by atoms with Crippen LogP contribution in [0.1, 0.15) is 59.2 Å². The largest absolute Gasteiger partial charge is 0.467 e. The number of benzene rings is 1. The van der Waals surface area contributed by atoms with Crippen LogP contribution in [0.2, 0.25) is 5.02 Å². The number of nitrogens with zero attached hydrogens (tertiary/aromatic N) is 2. The van der Waals surface area contributed by atoms with E-state index in [-0.39, 0.29) is 17.3 Å². The molecule has 0 fully saturated rings. The van der Waals surface area contributed by atoms with Gasteiger partial charge in [0.15, 0.2) is 0 Å². The molecule has 2 rings (SSSR count). The Labute approximate surface area is 169 Å². The number of aryl methyl sites for hydroxylation is 1. The summed E-state index contributed by atoms with van der Waals surface area (Å²) in [6.07, 6.45) is 3.44. The zero-order chi connectivity index (χ0) is 20.7. The molecule has 0 aliphatic carbocycles. The van der Waals surface area contributed by atoms with Crippen molar-refractivity contribution in [2.24, 2.45) is 0 Å². The van der Waals surface area contributed by atoms with Crippen LogP contribution in [0.5, 0.6) is 6.01 Å². The van der Waals surface area contributed by atoms with Crippen LogP contribution < -0.4 is 15.4 Å². The van der Waals surface area contributed by atoms with Crippen LogP contribution in [-0.4, -0.2) is 35.4 Å². The van der Waals surface area contributed by atoms with Gasteiger partial charge in [-0.1, -0.05) is 38.4 Å². The van der Waals surface area contributed by atoms with Gasteiger partial charge in [-0.25, -0.2) is 4.98 Å². The minimum absolute atomic E-state index is 0.0180. The van der Waals surface area contributed by atoms with Crippen LogP contribution in [-0.2, 0) is 12.8 Å². The van der Waals surface area contributed by atoms with Gasteiger partial charge in [0.2, 0.25) is 0 Å². The number of halogens is 1. The first-order valence-electron chi connectivity index (χ1n) is 9.27. The molecule has 1 aromatic carbocycles. The van der Waals surface area contributed by atoms with Gasteiger partial charge < -0.3 is 15.4 Å². The summed E-state index contributed by atoms with van der Waals surface area (Å²) in [5.74, 6) is -0.929. The van der Waals surface area contributed by atoms with Gasteiger partial charge in [0, 0.05) is 23.5 Å². The third-order valence-corrected chi connectivity index (χ3v) is 4.61. The molecule has 0 aliphatic heterocycles. The van der Waals surface area contributed by atoms with Crippen molar-refractivity contribution >= 4 is 29.1 Å². The van der Waals surface area contributed by atoms with Crippen molar-refractivity contribution in [2.45, 2.75) is 40.0 Å². The molecule has 2 N–H and O–H groups in total. The number of nitrogens with one attached hydrogen (secondary N) is 2. The number of aromatic nitrogens is 2. The lowest BCUT2D eigenvalue weighted by molar-refractivity contribution is 0.0933. The fourth-order valence-corrected chi connectivity index (χ4v) is 3.06. The van der Waals surface area contributed by atoms with Crippen molar-refractivity contribution in [1.82, 2.24) is 15.3 Å². The third kappa shape index (κ3) is 4.78. The molecule has 0 radical (unpaired) electrons. The minimum atomic E-state index is -0.476. The molecule has 0 saturated heterocycles. The van der Waals surface area contributed by atoms with Crippen LogP contribution in [0.25, 0.3) is 0 Å². The predicted octanol–water partition coefficient (Wildman–Crippen LogP) is 3.66. The van der Waals surface area contributed by atoms with E-state index >= 15 is 0 Å². The molecular weight excluding hydrogens is 380 g/mol.